The molecule has 0 radical (unpaired) electrons. The van der Waals surface area contributed by atoms with Crippen molar-refractivity contribution in [3.05, 3.63) is 54.0 Å². The molecule has 0 bridgehead atoms. The van der Waals surface area contributed by atoms with Crippen molar-refractivity contribution < 1.29 is 9.53 Å². The molecule has 1 amide bonds. The lowest BCUT2D eigenvalue weighted by Gasteiger charge is -2.26. The maximum absolute atomic E-state index is 12.5. The average Bonchev–Trinajstić information content (AvgIpc) is 3.14. The van der Waals surface area contributed by atoms with Crippen molar-refractivity contribution in [2.24, 2.45) is 4.99 Å². The summed E-state index contributed by atoms with van der Waals surface area (Å²) in [6.45, 7) is 0.866. The van der Waals surface area contributed by atoms with E-state index in [4.69, 9.17) is 4.74 Å². The van der Waals surface area contributed by atoms with Gasteiger partial charge in [-0.3, -0.25) is 14.8 Å². The molecule has 7 nitrogen and oxygen atoms in total. The van der Waals surface area contributed by atoms with Crippen LogP contribution in [-0.2, 0) is 9.53 Å². The first-order valence-electron chi connectivity index (χ1n) is 8.40. The van der Waals surface area contributed by atoms with Crippen molar-refractivity contribution in [2.75, 3.05) is 30.1 Å². The van der Waals surface area contributed by atoms with Gasteiger partial charge in [0.1, 0.15) is 12.4 Å². The number of carbonyl (C=O) groups excluding carboxylic acids is 1. The highest BCUT2D eigenvalue weighted by Gasteiger charge is 2.17. The van der Waals surface area contributed by atoms with Crippen molar-refractivity contribution in [1.29, 1.82) is 0 Å². The Morgan fingerprint density at radius 1 is 1.19 bits per heavy atom. The number of anilines is 2. The number of aliphatic imine (C=N–C) groups is 1. The lowest BCUT2D eigenvalue weighted by atomic mass is 10.2. The zero-order valence-corrected chi connectivity index (χ0v) is 15.2. The molecule has 4 rings (SSSR count). The van der Waals surface area contributed by atoms with Gasteiger partial charge in [0.05, 0.1) is 30.2 Å². The van der Waals surface area contributed by atoms with E-state index in [-0.39, 0.29) is 12.5 Å². The van der Waals surface area contributed by atoms with E-state index in [0.29, 0.717) is 18.5 Å². The maximum atomic E-state index is 12.5. The van der Waals surface area contributed by atoms with E-state index in [1.807, 2.05) is 52.7 Å². The summed E-state index contributed by atoms with van der Waals surface area (Å²) in [5.41, 5.74) is 3.19. The van der Waals surface area contributed by atoms with Crippen LogP contribution in [0.1, 0.15) is 0 Å². The lowest BCUT2D eigenvalue weighted by molar-refractivity contribution is -0.115. The fourth-order valence-corrected chi connectivity index (χ4v) is 3.41. The zero-order chi connectivity index (χ0) is 18.5. The van der Waals surface area contributed by atoms with Crippen molar-refractivity contribution in [1.82, 2.24) is 9.97 Å². The van der Waals surface area contributed by atoms with Crippen LogP contribution >= 0.6 is 11.3 Å². The summed E-state index contributed by atoms with van der Waals surface area (Å²) in [5, 5.41) is 5.27. The lowest BCUT2D eigenvalue weighted by Crippen LogP contribution is -2.35. The van der Waals surface area contributed by atoms with Gasteiger partial charge in [-0.15, -0.1) is 11.3 Å². The predicted octanol–water partition coefficient (Wildman–Crippen LogP) is 3.34. The highest BCUT2D eigenvalue weighted by atomic mass is 32.1. The van der Waals surface area contributed by atoms with Gasteiger partial charge in [0.25, 0.3) is 0 Å². The predicted molar refractivity (Wildman–Crippen MR) is 107 cm³/mol. The van der Waals surface area contributed by atoms with Crippen LogP contribution in [0, 0.1) is 0 Å². The standard InChI is InChI=1S/C19H17N5O2S/c25-18(23-19-22-16(12-27-19)14-5-3-4-8-20-14)11-24-13-26-10-9-21-15-6-1-2-7-17(15)24/h1-9,12H,10-11,13H2,(H,22,23,25)/b21-9-. The second-order valence-electron chi connectivity index (χ2n) is 5.80. The van der Waals surface area contributed by atoms with Gasteiger partial charge >= 0.3 is 0 Å². The number of fused-ring (bicyclic) bond motifs is 1. The van der Waals surface area contributed by atoms with Crippen molar-refractivity contribution >= 4 is 40.0 Å². The van der Waals surface area contributed by atoms with Gasteiger partial charge in [0.15, 0.2) is 5.13 Å². The number of hydrogen-bond acceptors (Lipinski definition) is 7. The molecule has 2 aromatic heterocycles. The summed E-state index contributed by atoms with van der Waals surface area (Å²) in [4.78, 5) is 27.5. The quantitative estimate of drug-likeness (QED) is 0.752. The summed E-state index contributed by atoms with van der Waals surface area (Å²) in [7, 11) is 0. The number of para-hydroxylation sites is 2. The highest BCUT2D eigenvalue weighted by molar-refractivity contribution is 7.14. The topological polar surface area (TPSA) is 79.7 Å². The van der Waals surface area contributed by atoms with Crippen molar-refractivity contribution in [2.45, 2.75) is 0 Å². The number of thiazole rings is 1. The molecule has 0 unspecified atom stereocenters. The smallest absolute Gasteiger partial charge is 0.245 e. The molecule has 0 spiro atoms. The van der Waals surface area contributed by atoms with Gasteiger partial charge in [0.2, 0.25) is 5.91 Å². The highest BCUT2D eigenvalue weighted by Crippen LogP contribution is 2.29. The third-order valence-corrected chi connectivity index (χ3v) is 4.66. The van der Waals surface area contributed by atoms with Crippen LogP contribution in [-0.4, -0.2) is 42.0 Å². The average molecular weight is 379 g/mol. The van der Waals surface area contributed by atoms with Crippen molar-refractivity contribution in [3.63, 3.8) is 0 Å². The Bertz CT molecular complexity index is 957. The van der Waals surface area contributed by atoms with E-state index in [1.165, 1.54) is 11.3 Å². The number of ether oxygens (including phenoxy) is 1. The fourth-order valence-electron chi connectivity index (χ4n) is 2.69. The Labute approximate surface area is 160 Å². The normalized spacial score (nSPS) is 14.7. The second-order valence-corrected chi connectivity index (χ2v) is 6.66. The minimum atomic E-state index is -0.167. The molecule has 3 aromatic rings. The number of aromatic nitrogens is 2. The van der Waals surface area contributed by atoms with Gasteiger partial charge < -0.3 is 15.0 Å². The third kappa shape index (κ3) is 4.18. The van der Waals surface area contributed by atoms with Crippen LogP contribution in [0.2, 0.25) is 0 Å². The SMILES string of the molecule is O=C(CN1COC/C=N\c2ccccc21)Nc1nc(-c2ccccn2)cs1. The Morgan fingerprint density at radius 3 is 2.96 bits per heavy atom. The molecule has 0 aliphatic carbocycles. The van der Waals surface area contributed by atoms with E-state index in [0.717, 1.165) is 22.8 Å². The number of benzene rings is 1. The van der Waals surface area contributed by atoms with E-state index in [9.17, 15) is 4.79 Å². The number of hydrogen-bond donors (Lipinski definition) is 1. The molecule has 0 saturated carbocycles. The van der Waals surface area contributed by atoms with Gasteiger partial charge in [0, 0.05) is 17.8 Å². The summed E-state index contributed by atoms with van der Waals surface area (Å²) in [5.74, 6) is -0.167. The number of nitrogens with zero attached hydrogens (tertiary/aromatic N) is 4. The minimum Gasteiger partial charge on any atom is -0.355 e. The molecule has 136 valence electrons. The number of pyridine rings is 1. The van der Waals surface area contributed by atoms with Crippen LogP contribution in [0.15, 0.2) is 59.0 Å². The monoisotopic (exact) mass is 379 g/mol. The Kier molecular flexibility index (Phi) is 5.17. The number of nitrogens with one attached hydrogen (secondary N) is 1. The van der Waals surface area contributed by atoms with Gasteiger partial charge in [-0.2, -0.15) is 0 Å². The Morgan fingerprint density at radius 2 is 2.07 bits per heavy atom. The molecule has 1 N–H and O–H groups in total. The molecule has 27 heavy (non-hydrogen) atoms. The van der Waals surface area contributed by atoms with Crippen LogP contribution in [0.4, 0.5) is 16.5 Å². The fraction of sp³-hybridized carbons (Fsp3) is 0.158. The molecule has 1 aromatic carbocycles. The summed E-state index contributed by atoms with van der Waals surface area (Å²) >= 11 is 1.37. The molecular weight excluding hydrogens is 362 g/mol. The third-order valence-electron chi connectivity index (χ3n) is 3.90. The number of rotatable bonds is 4. The van der Waals surface area contributed by atoms with Crippen LogP contribution in [0.3, 0.4) is 0 Å². The largest absolute Gasteiger partial charge is 0.355 e. The Balaban J connectivity index is 1.46. The minimum absolute atomic E-state index is 0.144. The zero-order valence-electron chi connectivity index (χ0n) is 14.4. The maximum Gasteiger partial charge on any atom is 0.245 e. The van der Waals surface area contributed by atoms with Gasteiger partial charge in [-0.25, -0.2) is 4.98 Å². The van der Waals surface area contributed by atoms with Crippen LogP contribution in [0.5, 0.6) is 0 Å². The first-order chi connectivity index (χ1) is 13.3. The van der Waals surface area contributed by atoms with Crippen LogP contribution < -0.4 is 10.2 Å². The molecule has 0 saturated heterocycles. The summed E-state index contributed by atoms with van der Waals surface area (Å²) < 4.78 is 5.53. The molecular formula is C19H17N5O2S. The second kappa shape index (κ2) is 8.07. The molecule has 3 heterocycles. The molecule has 0 atom stereocenters. The van der Waals surface area contributed by atoms with E-state index >= 15 is 0 Å². The molecule has 1 aliphatic rings. The Hall–Kier alpha value is -3.10. The van der Waals surface area contributed by atoms with Crippen molar-refractivity contribution in [3.8, 4) is 11.4 Å². The molecule has 8 heteroatoms. The van der Waals surface area contributed by atoms with Gasteiger partial charge in [-0.1, -0.05) is 18.2 Å². The summed E-state index contributed by atoms with van der Waals surface area (Å²) in [6.07, 6.45) is 3.44. The van der Waals surface area contributed by atoms with Crippen LogP contribution in [0.25, 0.3) is 11.4 Å². The van der Waals surface area contributed by atoms with E-state index in [1.54, 1.807) is 12.4 Å². The number of carbonyl (C=O) groups is 1. The van der Waals surface area contributed by atoms with E-state index < -0.39 is 0 Å². The molecule has 1 aliphatic heterocycles. The first kappa shape index (κ1) is 17.3. The molecule has 0 fully saturated rings. The summed E-state index contributed by atoms with van der Waals surface area (Å²) in [6, 6.07) is 13.3. The number of amides is 1. The van der Waals surface area contributed by atoms with E-state index in [2.05, 4.69) is 20.3 Å². The first-order valence-corrected chi connectivity index (χ1v) is 9.28. The van der Waals surface area contributed by atoms with Gasteiger partial charge in [-0.05, 0) is 24.3 Å².